The molecule has 0 aliphatic carbocycles. The highest BCUT2D eigenvalue weighted by Gasteiger charge is 2.28. The molecular weight excluding hydrogens is 320 g/mol. The normalized spacial score (nSPS) is 13.8. The first-order valence-electron chi connectivity index (χ1n) is 7.05. The van der Waals surface area contributed by atoms with E-state index < -0.39 is 11.2 Å². The average Bonchev–Trinajstić information content (AvgIpc) is 2.53. The number of rotatable bonds is 3. The lowest BCUT2D eigenvalue weighted by Gasteiger charge is -2.30. The van der Waals surface area contributed by atoms with Crippen molar-refractivity contribution >= 4 is 17.5 Å². The number of nitrogens with zero attached hydrogens (tertiary/aromatic N) is 2. The van der Waals surface area contributed by atoms with Crippen LogP contribution in [0.5, 0.6) is 11.5 Å². The van der Waals surface area contributed by atoms with Crippen LogP contribution in [0.3, 0.4) is 0 Å². The molecule has 1 aromatic carbocycles. The molecule has 0 unspecified atom stereocenters. The van der Waals surface area contributed by atoms with Gasteiger partial charge in [0.2, 0.25) is 5.43 Å². The van der Waals surface area contributed by atoms with Crippen LogP contribution in [0.15, 0.2) is 35.3 Å². The molecule has 23 heavy (non-hydrogen) atoms. The predicted molar refractivity (Wildman–Crippen MR) is 85.1 cm³/mol. The summed E-state index contributed by atoms with van der Waals surface area (Å²) in [5.74, 6) is -0.316. The van der Waals surface area contributed by atoms with Gasteiger partial charge in [-0.25, -0.2) is 0 Å². The van der Waals surface area contributed by atoms with Crippen LogP contribution in [0.1, 0.15) is 16.1 Å². The summed E-state index contributed by atoms with van der Waals surface area (Å²) >= 11 is 6.10. The zero-order valence-electron chi connectivity index (χ0n) is 12.5. The Labute approximate surface area is 137 Å². The minimum Gasteiger partial charge on any atom is -0.503 e. The first kappa shape index (κ1) is 15.4. The summed E-state index contributed by atoms with van der Waals surface area (Å²) in [5, 5.41) is 10.4. The number of hydrogen-bond acceptors (Lipinski definition) is 4. The maximum atomic E-state index is 12.6. The van der Waals surface area contributed by atoms with E-state index in [1.54, 1.807) is 21.6 Å². The third-order valence-electron chi connectivity index (χ3n) is 3.84. The third kappa shape index (κ3) is 2.77. The van der Waals surface area contributed by atoms with Crippen molar-refractivity contribution < 1.29 is 14.6 Å². The Kier molecular flexibility index (Phi) is 4.00. The lowest BCUT2D eigenvalue weighted by Crippen LogP contribution is -2.41. The third-order valence-corrected chi connectivity index (χ3v) is 4.14. The molecule has 0 atom stereocenters. The first-order valence-corrected chi connectivity index (χ1v) is 7.43. The molecule has 120 valence electrons. The van der Waals surface area contributed by atoms with Crippen molar-refractivity contribution in [2.45, 2.75) is 13.1 Å². The molecule has 1 aliphatic rings. The maximum Gasteiger partial charge on any atom is 0.274 e. The van der Waals surface area contributed by atoms with E-state index in [9.17, 15) is 14.7 Å². The second-order valence-electron chi connectivity index (χ2n) is 5.27. The second-order valence-corrected chi connectivity index (χ2v) is 5.67. The zero-order valence-corrected chi connectivity index (χ0v) is 13.2. The van der Waals surface area contributed by atoms with Crippen LogP contribution in [0.25, 0.3) is 0 Å². The summed E-state index contributed by atoms with van der Waals surface area (Å²) in [7, 11) is 1.53. The smallest absolute Gasteiger partial charge is 0.274 e. The van der Waals surface area contributed by atoms with E-state index in [4.69, 9.17) is 16.3 Å². The average molecular weight is 335 g/mol. The van der Waals surface area contributed by atoms with E-state index in [0.29, 0.717) is 30.4 Å². The van der Waals surface area contributed by atoms with Crippen molar-refractivity contribution in [1.82, 2.24) is 9.47 Å². The molecule has 0 spiro atoms. The van der Waals surface area contributed by atoms with Gasteiger partial charge in [0.05, 0.1) is 12.1 Å². The number of halogens is 1. The summed E-state index contributed by atoms with van der Waals surface area (Å²) in [6.45, 7) is 1.33. The lowest BCUT2D eigenvalue weighted by molar-refractivity contribution is 0.0683. The number of carbonyl (C=O) groups excluding carboxylic acids is 1. The van der Waals surface area contributed by atoms with Crippen molar-refractivity contribution in [2.75, 3.05) is 13.7 Å². The van der Waals surface area contributed by atoms with Crippen molar-refractivity contribution in [3.8, 4) is 11.5 Å². The van der Waals surface area contributed by atoms with Crippen LogP contribution >= 0.6 is 11.6 Å². The number of carbonyl (C=O) groups is 1. The molecule has 1 aromatic heterocycles. The summed E-state index contributed by atoms with van der Waals surface area (Å²) in [5.41, 5.74) is 0.317. The molecule has 0 radical (unpaired) electrons. The summed E-state index contributed by atoms with van der Waals surface area (Å²) in [6.07, 6.45) is 1.52. The van der Waals surface area contributed by atoms with E-state index in [-0.39, 0.29) is 11.6 Å². The van der Waals surface area contributed by atoms with E-state index in [1.165, 1.54) is 19.4 Å². The van der Waals surface area contributed by atoms with Gasteiger partial charge >= 0.3 is 0 Å². The van der Waals surface area contributed by atoms with Gasteiger partial charge in [0.25, 0.3) is 5.91 Å². The molecule has 2 heterocycles. The Morgan fingerprint density at radius 3 is 2.74 bits per heavy atom. The number of methoxy groups -OCH3 is 1. The lowest BCUT2D eigenvalue weighted by atomic mass is 10.1. The Hall–Kier alpha value is -2.47. The number of amides is 1. The largest absolute Gasteiger partial charge is 0.503 e. The standard InChI is InChI=1S/C16H15ClN2O4/c1-23-13-3-2-10(8-11(13)17)9-19-7-6-18-5-4-12(20)15(21)14(18)16(19)22/h2-5,8,21H,6-7,9H2,1H3. The van der Waals surface area contributed by atoms with Crippen LogP contribution < -0.4 is 10.2 Å². The van der Waals surface area contributed by atoms with E-state index in [2.05, 4.69) is 0 Å². The van der Waals surface area contributed by atoms with Gasteiger partial charge in [0.1, 0.15) is 5.75 Å². The van der Waals surface area contributed by atoms with Gasteiger partial charge in [-0.2, -0.15) is 0 Å². The number of aromatic nitrogens is 1. The van der Waals surface area contributed by atoms with Crippen molar-refractivity contribution in [3.63, 3.8) is 0 Å². The number of fused-ring (bicyclic) bond motifs is 1. The molecule has 0 bridgehead atoms. The highest BCUT2D eigenvalue weighted by Crippen LogP contribution is 2.26. The zero-order chi connectivity index (χ0) is 16.6. The van der Waals surface area contributed by atoms with E-state index in [0.717, 1.165) is 5.56 Å². The van der Waals surface area contributed by atoms with Gasteiger partial charge in [0, 0.05) is 31.9 Å². The van der Waals surface area contributed by atoms with E-state index >= 15 is 0 Å². The van der Waals surface area contributed by atoms with Gasteiger partial charge in [-0.05, 0) is 17.7 Å². The van der Waals surface area contributed by atoms with Crippen LogP contribution in [0, 0.1) is 0 Å². The van der Waals surface area contributed by atoms with Crippen molar-refractivity contribution in [2.24, 2.45) is 0 Å². The Morgan fingerprint density at radius 2 is 2.04 bits per heavy atom. The molecule has 0 saturated carbocycles. The Balaban J connectivity index is 1.88. The summed E-state index contributed by atoms with van der Waals surface area (Å²) in [6, 6.07) is 6.55. The minimum atomic E-state index is -0.557. The first-order chi connectivity index (χ1) is 11.0. The molecule has 6 nitrogen and oxygen atoms in total. The fourth-order valence-electron chi connectivity index (χ4n) is 2.63. The van der Waals surface area contributed by atoms with Gasteiger partial charge in [-0.15, -0.1) is 0 Å². The number of hydrogen-bond donors (Lipinski definition) is 1. The highest BCUT2D eigenvalue weighted by atomic mass is 35.5. The van der Waals surface area contributed by atoms with Crippen LogP contribution in [-0.4, -0.2) is 34.1 Å². The second kappa shape index (κ2) is 5.96. The number of aromatic hydroxyl groups is 1. The van der Waals surface area contributed by atoms with Crippen LogP contribution in [0.2, 0.25) is 5.02 Å². The van der Waals surface area contributed by atoms with Crippen molar-refractivity contribution in [3.05, 3.63) is 57.0 Å². The molecule has 3 rings (SSSR count). The number of ether oxygens (including phenoxy) is 1. The monoisotopic (exact) mass is 334 g/mol. The topological polar surface area (TPSA) is 71.8 Å². The Morgan fingerprint density at radius 1 is 1.26 bits per heavy atom. The van der Waals surface area contributed by atoms with Gasteiger partial charge < -0.3 is 19.3 Å². The SMILES string of the molecule is COc1ccc(CN2CCn3ccc(=O)c(O)c3C2=O)cc1Cl. The summed E-state index contributed by atoms with van der Waals surface area (Å²) < 4.78 is 6.70. The fourth-order valence-corrected chi connectivity index (χ4v) is 2.91. The van der Waals surface area contributed by atoms with Gasteiger partial charge in [-0.1, -0.05) is 17.7 Å². The van der Waals surface area contributed by atoms with Gasteiger partial charge in [-0.3, -0.25) is 9.59 Å². The minimum absolute atomic E-state index is 0.0309. The maximum absolute atomic E-state index is 12.6. The predicted octanol–water partition coefficient (Wildman–Crippen LogP) is 1.87. The Bertz CT molecular complexity index is 831. The molecule has 7 heteroatoms. The van der Waals surface area contributed by atoms with Gasteiger partial charge in [0.15, 0.2) is 11.4 Å². The molecule has 1 N–H and O–H groups in total. The molecule has 1 aliphatic heterocycles. The molecular formula is C16H15ClN2O4. The van der Waals surface area contributed by atoms with Crippen LogP contribution in [0.4, 0.5) is 0 Å². The number of benzene rings is 1. The molecule has 0 saturated heterocycles. The van der Waals surface area contributed by atoms with Crippen molar-refractivity contribution in [1.29, 1.82) is 0 Å². The molecule has 1 amide bonds. The quantitative estimate of drug-likeness (QED) is 0.930. The van der Waals surface area contributed by atoms with E-state index in [1.807, 2.05) is 6.07 Å². The molecule has 2 aromatic rings. The highest BCUT2D eigenvalue weighted by molar-refractivity contribution is 6.32. The summed E-state index contributed by atoms with van der Waals surface area (Å²) in [4.78, 5) is 25.7. The fraction of sp³-hybridized carbons (Fsp3) is 0.250. The van der Waals surface area contributed by atoms with Crippen LogP contribution in [-0.2, 0) is 13.1 Å². The molecule has 0 fully saturated rings. The number of pyridine rings is 1.